The van der Waals surface area contributed by atoms with Crippen molar-refractivity contribution in [3.05, 3.63) is 118 Å². The van der Waals surface area contributed by atoms with Gasteiger partial charge < -0.3 is 29.8 Å². The van der Waals surface area contributed by atoms with Crippen LogP contribution in [0.2, 0.25) is 0 Å². The van der Waals surface area contributed by atoms with Gasteiger partial charge in [0.05, 0.1) is 26.9 Å². The van der Waals surface area contributed by atoms with Crippen LogP contribution in [0, 0.1) is 0 Å². The second-order valence-electron chi connectivity index (χ2n) is 10.2. The van der Waals surface area contributed by atoms with Crippen molar-refractivity contribution in [1.29, 1.82) is 0 Å². The number of nitrogens with two attached hydrogens (primary N) is 1. The fourth-order valence-electron chi connectivity index (χ4n) is 5.28. The minimum atomic E-state index is -1.13. The highest BCUT2D eigenvalue weighted by molar-refractivity contribution is 5.99. The SMILES string of the molecule is COc1ccc(C(OC[C@H]2O[C@@H](n3ccc(NC(=O)NC(N)=O)nc3=O)C[C@@H]2O)(c2ccccc2)c2ccc(OC)cc2)cc1. The highest BCUT2D eigenvalue weighted by Gasteiger charge is 2.42. The number of aliphatic hydroxyl groups is 1. The quantitative estimate of drug-likeness (QED) is 0.195. The molecule has 1 aliphatic heterocycles. The van der Waals surface area contributed by atoms with E-state index in [2.05, 4.69) is 10.3 Å². The Morgan fingerprint density at radius 2 is 1.53 bits per heavy atom. The number of carbonyl (C=O) groups is 2. The zero-order valence-corrected chi connectivity index (χ0v) is 24.6. The lowest BCUT2D eigenvalue weighted by molar-refractivity contribution is -0.0944. The van der Waals surface area contributed by atoms with Crippen LogP contribution in [0.1, 0.15) is 29.3 Å². The summed E-state index contributed by atoms with van der Waals surface area (Å²) in [7, 11) is 3.20. The minimum absolute atomic E-state index is 0.0419. The van der Waals surface area contributed by atoms with Crippen molar-refractivity contribution in [3.8, 4) is 11.5 Å². The molecule has 0 aliphatic carbocycles. The van der Waals surface area contributed by atoms with E-state index >= 15 is 0 Å². The van der Waals surface area contributed by atoms with Crippen LogP contribution >= 0.6 is 0 Å². The number of urea groups is 2. The molecule has 0 radical (unpaired) electrons. The molecule has 2 heterocycles. The number of amides is 4. The topological polar surface area (TPSA) is 176 Å². The van der Waals surface area contributed by atoms with E-state index in [1.807, 2.05) is 84.2 Å². The Balaban J connectivity index is 1.43. The fraction of sp³-hybridized carbons (Fsp3) is 0.250. The van der Waals surface area contributed by atoms with Gasteiger partial charge in [0.25, 0.3) is 0 Å². The minimum Gasteiger partial charge on any atom is -0.497 e. The standard InChI is InChI=1S/C32H33N5O8/c1-42-23-12-8-21(9-13-23)32(20-6-4-3-5-7-20,22-10-14-24(43-2)15-11-22)44-19-26-25(38)18-28(45-26)37-17-16-27(35-31(37)41)34-30(40)36-29(33)39/h3-17,25-26,28,38H,18-19H2,1-2H3,(H4,33,34,35,36,39,40,41)/t25-,26+,28+/m0/s1. The summed E-state index contributed by atoms with van der Waals surface area (Å²) in [5.74, 6) is 1.27. The maximum Gasteiger partial charge on any atom is 0.351 e. The number of aliphatic hydroxyl groups excluding tert-OH is 1. The van der Waals surface area contributed by atoms with Crippen LogP contribution in [0.25, 0.3) is 0 Å². The third-order valence-electron chi connectivity index (χ3n) is 7.46. The molecule has 234 valence electrons. The van der Waals surface area contributed by atoms with Crippen molar-refractivity contribution in [1.82, 2.24) is 14.9 Å². The molecule has 0 bridgehead atoms. The van der Waals surface area contributed by atoms with E-state index in [-0.39, 0.29) is 18.8 Å². The molecule has 1 fully saturated rings. The highest BCUT2D eigenvalue weighted by atomic mass is 16.6. The molecule has 4 aromatic rings. The number of aromatic nitrogens is 2. The summed E-state index contributed by atoms with van der Waals surface area (Å²) >= 11 is 0. The predicted octanol–water partition coefficient (Wildman–Crippen LogP) is 3.12. The second-order valence-corrected chi connectivity index (χ2v) is 10.2. The molecule has 3 aromatic carbocycles. The molecule has 0 saturated carbocycles. The summed E-state index contributed by atoms with van der Waals surface area (Å²) < 4.78 is 25.0. The molecule has 4 amide bonds. The molecule has 13 nitrogen and oxygen atoms in total. The molecule has 1 aromatic heterocycles. The summed E-state index contributed by atoms with van der Waals surface area (Å²) in [5, 5.41) is 15.1. The van der Waals surface area contributed by atoms with Gasteiger partial charge in [-0.05, 0) is 47.0 Å². The molecular weight excluding hydrogens is 582 g/mol. The van der Waals surface area contributed by atoms with Gasteiger partial charge in [-0.1, -0.05) is 54.6 Å². The van der Waals surface area contributed by atoms with E-state index < -0.39 is 41.8 Å². The molecule has 13 heteroatoms. The van der Waals surface area contributed by atoms with Gasteiger partial charge in [-0.25, -0.2) is 14.4 Å². The summed E-state index contributed by atoms with van der Waals surface area (Å²) in [5.41, 5.74) is 5.53. The van der Waals surface area contributed by atoms with Gasteiger partial charge in [-0.15, -0.1) is 0 Å². The number of hydrogen-bond acceptors (Lipinski definition) is 9. The fourth-order valence-corrected chi connectivity index (χ4v) is 5.28. The Hall–Kier alpha value is -5.24. The average Bonchev–Trinajstić information content (AvgIpc) is 3.41. The van der Waals surface area contributed by atoms with E-state index in [9.17, 15) is 19.5 Å². The summed E-state index contributed by atoms with van der Waals surface area (Å²) in [6, 6.07) is 24.2. The van der Waals surface area contributed by atoms with Crippen molar-refractivity contribution in [2.45, 2.75) is 30.5 Å². The van der Waals surface area contributed by atoms with Crippen LogP contribution < -0.4 is 31.5 Å². The number of nitrogens with one attached hydrogen (secondary N) is 2. The van der Waals surface area contributed by atoms with Gasteiger partial charge in [-0.2, -0.15) is 4.98 Å². The number of nitrogens with zero attached hydrogens (tertiary/aromatic N) is 2. The molecule has 3 atom stereocenters. The number of imide groups is 1. The number of carbonyl (C=O) groups excluding carboxylic acids is 2. The first-order valence-electron chi connectivity index (χ1n) is 14.0. The first-order chi connectivity index (χ1) is 21.7. The number of methoxy groups -OCH3 is 2. The Morgan fingerprint density at radius 3 is 2.07 bits per heavy atom. The second kappa shape index (κ2) is 13.6. The van der Waals surface area contributed by atoms with Crippen LogP contribution in [0.4, 0.5) is 15.4 Å². The monoisotopic (exact) mass is 615 g/mol. The first-order valence-corrected chi connectivity index (χ1v) is 14.0. The smallest absolute Gasteiger partial charge is 0.351 e. The Bertz CT molecular complexity index is 1630. The number of ether oxygens (including phenoxy) is 4. The van der Waals surface area contributed by atoms with Gasteiger partial charge in [0.2, 0.25) is 0 Å². The summed E-state index contributed by atoms with van der Waals surface area (Å²) in [6.45, 7) is -0.0419. The number of rotatable bonds is 10. The Morgan fingerprint density at radius 1 is 0.956 bits per heavy atom. The molecule has 0 spiro atoms. The van der Waals surface area contributed by atoms with Crippen LogP contribution in [-0.2, 0) is 15.1 Å². The van der Waals surface area contributed by atoms with Crippen molar-refractivity contribution < 1.29 is 33.6 Å². The molecule has 0 unspecified atom stereocenters. The van der Waals surface area contributed by atoms with Crippen LogP contribution in [0.15, 0.2) is 95.9 Å². The number of benzene rings is 3. The zero-order chi connectivity index (χ0) is 32.0. The van der Waals surface area contributed by atoms with E-state index in [0.29, 0.717) is 11.5 Å². The van der Waals surface area contributed by atoms with Crippen LogP contribution in [0.5, 0.6) is 11.5 Å². The first kappa shape index (κ1) is 31.2. The van der Waals surface area contributed by atoms with Gasteiger partial charge >= 0.3 is 17.8 Å². The molecule has 1 aliphatic rings. The van der Waals surface area contributed by atoms with E-state index in [4.69, 9.17) is 24.7 Å². The largest absolute Gasteiger partial charge is 0.497 e. The zero-order valence-electron chi connectivity index (χ0n) is 24.6. The van der Waals surface area contributed by atoms with E-state index in [0.717, 1.165) is 16.7 Å². The maximum absolute atomic E-state index is 12.8. The van der Waals surface area contributed by atoms with E-state index in [1.54, 1.807) is 14.2 Å². The van der Waals surface area contributed by atoms with Gasteiger partial charge in [0, 0.05) is 12.6 Å². The third kappa shape index (κ3) is 6.80. The van der Waals surface area contributed by atoms with Crippen LogP contribution in [-0.4, -0.2) is 59.8 Å². The molecule has 45 heavy (non-hydrogen) atoms. The molecule has 1 saturated heterocycles. The lowest BCUT2D eigenvalue weighted by Gasteiger charge is -2.37. The molecule has 5 N–H and O–H groups in total. The van der Waals surface area contributed by atoms with Crippen molar-refractivity contribution >= 4 is 17.9 Å². The number of hydrogen-bond donors (Lipinski definition) is 4. The predicted molar refractivity (Wildman–Crippen MR) is 163 cm³/mol. The molecule has 5 rings (SSSR count). The lowest BCUT2D eigenvalue weighted by Crippen LogP contribution is -2.39. The highest BCUT2D eigenvalue weighted by Crippen LogP contribution is 2.42. The lowest BCUT2D eigenvalue weighted by atomic mass is 9.80. The average molecular weight is 616 g/mol. The van der Waals surface area contributed by atoms with Crippen molar-refractivity contribution in [2.75, 3.05) is 26.1 Å². The Labute approximate surface area is 258 Å². The van der Waals surface area contributed by atoms with Crippen molar-refractivity contribution in [2.24, 2.45) is 5.73 Å². The van der Waals surface area contributed by atoms with Gasteiger partial charge in [-0.3, -0.25) is 15.2 Å². The Kier molecular flexibility index (Phi) is 9.42. The normalized spacial score (nSPS) is 17.8. The third-order valence-corrected chi connectivity index (χ3v) is 7.46. The number of primary amides is 1. The summed E-state index contributed by atoms with van der Waals surface area (Å²) in [6.07, 6.45) is -1.16. The van der Waals surface area contributed by atoms with E-state index in [1.165, 1.54) is 16.8 Å². The summed E-state index contributed by atoms with van der Waals surface area (Å²) in [4.78, 5) is 39.2. The van der Waals surface area contributed by atoms with Crippen molar-refractivity contribution in [3.63, 3.8) is 0 Å². The van der Waals surface area contributed by atoms with Crippen LogP contribution in [0.3, 0.4) is 0 Å². The van der Waals surface area contributed by atoms with Gasteiger partial charge in [0.15, 0.2) is 0 Å². The number of anilines is 1. The maximum atomic E-state index is 12.8. The van der Waals surface area contributed by atoms with Gasteiger partial charge in [0.1, 0.15) is 35.2 Å². The molecular formula is C32H33N5O8.